The van der Waals surface area contributed by atoms with Crippen LogP contribution in [0.5, 0.6) is 0 Å². The van der Waals surface area contributed by atoms with Crippen LogP contribution in [0.25, 0.3) is 0 Å². The van der Waals surface area contributed by atoms with Gasteiger partial charge in [0.05, 0.1) is 0 Å². The molecular formula is C14H17FN2O3S. The largest absolute Gasteiger partial charge is 0.384 e. The second-order valence-corrected chi connectivity index (χ2v) is 6.45. The molecule has 0 aliphatic carbocycles. The van der Waals surface area contributed by atoms with Gasteiger partial charge in [-0.3, -0.25) is 0 Å². The minimum Gasteiger partial charge on any atom is -0.384 e. The van der Waals surface area contributed by atoms with Gasteiger partial charge >= 0.3 is 0 Å². The topological polar surface area (TPSA) is 69.6 Å². The van der Waals surface area contributed by atoms with Crippen molar-refractivity contribution in [3.8, 4) is 11.8 Å². The lowest BCUT2D eigenvalue weighted by Crippen LogP contribution is -2.38. The maximum atomic E-state index is 13.7. The number of rotatable bonds is 4. The predicted molar refractivity (Wildman–Crippen MR) is 76.9 cm³/mol. The van der Waals surface area contributed by atoms with Gasteiger partial charge in [0.2, 0.25) is 0 Å². The molecule has 1 heterocycles. The standard InChI is InChI=1S/C14H17FN2O3S/c15-14-6-5-12(4-3-9-18)10-13(14)11-16-21(19,20)17-7-1-2-8-17/h5-6,10,16,18H,1-2,7-9,11H2. The number of nitrogens with one attached hydrogen (secondary N) is 1. The molecule has 7 heteroatoms. The van der Waals surface area contributed by atoms with Crippen molar-refractivity contribution in [3.63, 3.8) is 0 Å². The first-order chi connectivity index (χ1) is 10.0. The van der Waals surface area contributed by atoms with Crippen LogP contribution in [-0.2, 0) is 16.8 Å². The Hall–Kier alpha value is -1.46. The summed E-state index contributed by atoms with van der Waals surface area (Å²) in [5, 5.41) is 8.64. The summed E-state index contributed by atoms with van der Waals surface area (Å²) in [7, 11) is -3.56. The van der Waals surface area contributed by atoms with Gasteiger partial charge < -0.3 is 5.11 Å². The van der Waals surface area contributed by atoms with E-state index in [2.05, 4.69) is 16.6 Å². The molecule has 1 fully saturated rings. The molecule has 1 aliphatic heterocycles. The van der Waals surface area contributed by atoms with Gasteiger partial charge in [0.15, 0.2) is 0 Å². The second kappa shape index (κ2) is 7.00. The van der Waals surface area contributed by atoms with Gasteiger partial charge in [-0.2, -0.15) is 17.4 Å². The van der Waals surface area contributed by atoms with Crippen molar-refractivity contribution in [2.75, 3.05) is 19.7 Å². The zero-order valence-corrected chi connectivity index (χ0v) is 12.3. The van der Waals surface area contributed by atoms with Crippen LogP contribution in [0.15, 0.2) is 18.2 Å². The van der Waals surface area contributed by atoms with Crippen LogP contribution in [0.1, 0.15) is 24.0 Å². The Morgan fingerprint density at radius 3 is 2.71 bits per heavy atom. The van der Waals surface area contributed by atoms with Gasteiger partial charge in [-0.05, 0) is 31.0 Å². The minimum absolute atomic E-state index is 0.126. The number of hydrogen-bond donors (Lipinski definition) is 2. The summed E-state index contributed by atoms with van der Waals surface area (Å²) in [6.45, 7) is 0.591. The summed E-state index contributed by atoms with van der Waals surface area (Å²) < 4.78 is 41.5. The lowest BCUT2D eigenvalue weighted by Gasteiger charge is -2.16. The fourth-order valence-corrected chi connectivity index (χ4v) is 3.38. The van der Waals surface area contributed by atoms with Crippen molar-refractivity contribution in [2.45, 2.75) is 19.4 Å². The molecule has 0 aromatic heterocycles. The molecule has 2 N–H and O–H groups in total. The fourth-order valence-electron chi connectivity index (χ4n) is 2.12. The van der Waals surface area contributed by atoms with E-state index in [0.717, 1.165) is 12.8 Å². The van der Waals surface area contributed by atoms with Crippen molar-refractivity contribution in [3.05, 3.63) is 35.1 Å². The summed E-state index contributed by atoms with van der Waals surface area (Å²) in [5.41, 5.74) is 0.753. The highest BCUT2D eigenvalue weighted by molar-refractivity contribution is 7.87. The van der Waals surface area contributed by atoms with Gasteiger partial charge in [-0.25, -0.2) is 4.39 Å². The summed E-state index contributed by atoms with van der Waals surface area (Å²) in [4.78, 5) is 0. The average molecular weight is 312 g/mol. The third kappa shape index (κ3) is 4.25. The van der Waals surface area contributed by atoms with Crippen LogP contribution in [0.4, 0.5) is 4.39 Å². The Kier molecular flexibility index (Phi) is 5.31. The second-order valence-electron chi connectivity index (χ2n) is 4.70. The van der Waals surface area contributed by atoms with E-state index in [9.17, 15) is 12.8 Å². The van der Waals surface area contributed by atoms with Gasteiger partial charge in [0, 0.05) is 30.8 Å². The molecule has 5 nitrogen and oxygen atoms in total. The Bertz CT molecular complexity index is 659. The number of halogens is 1. The maximum Gasteiger partial charge on any atom is 0.279 e. The van der Waals surface area contributed by atoms with Crippen molar-refractivity contribution in [1.82, 2.24) is 9.03 Å². The van der Waals surface area contributed by atoms with E-state index in [1.807, 2.05) is 0 Å². The van der Waals surface area contributed by atoms with Gasteiger partial charge in [0.25, 0.3) is 10.2 Å². The van der Waals surface area contributed by atoms with Crippen LogP contribution < -0.4 is 4.72 Å². The molecule has 114 valence electrons. The van der Waals surface area contributed by atoms with E-state index in [-0.39, 0.29) is 18.7 Å². The Balaban J connectivity index is 2.08. The smallest absolute Gasteiger partial charge is 0.279 e. The van der Waals surface area contributed by atoms with Crippen LogP contribution in [0.3, 0.4) is 0 Å². The molecular weight excluding hydrogens is 295 g/mol. The van der Waals surface area contributed by atoms with Gasteiger partial charge in [0.1, 0.15) is 12.4 Å². The van der Waals surface area contributed by atoms with E-state index in [1.165, 1.54) is 22.5 Å². The van der Waals surface area contributed by atoms with E-state index < -0.39 is 16.0 Å². The molecule has 0 saturated carbocycles. The van der Waals surface area contributed by atoms with Crippen LogP contribution in [0, 0.1) is 17.7 Å². The molecule has 1 aromatic carbocycles. The first kappa shape index (κ1) is 15.9. The molecule has 0 bridgehead atoms. The van der Waals surface area contributed by atoms with Crippen molar-refractivity contribution in [2.24, 2.45) is 0 Å². The lowest BCUT2D eigenvalue weighted by atomic mass is 10.1. The quantitative estimate of drug-likeness (QED) is 0.800. The molecule has 0 atom stereocenters. The Labute approximate surface area is 124 Å². The SMILES string of the molecule is O=S(=O)(NCc1cc(C#CCO)ccc1F)N1CCCC1. The average Bonchev–Trinajstić information content (AvgIpc) is 3.00. The summed E-state index contributed by atoms with van der Waals surface area (Å²) >= 11 is 0. The summed E-state index contributed by atoms with van der Waals surface area (Å²) in [6, 6.07) is 4.20. The normalized spacial score (nSPS) is 15.7. The zero-order valence-electron chi connectivity index (χ0n) is 11.5. The number of aliphatic hydroxyl groups is 1. The molecule has 1 aliphatic rings. The molecule has 0 radical (unpaired) electrons. The van der Waals surface area contributed by atoms with Crippen molar-refractivity contribution >= 4 is 10.2 Å². The zero-order chi connectivity index (χ0) is 15.3. The molecule has 0 spiro atoms. The highest BCUT2D eigenvalue weighted by Gasteiger charge is 2.24. The first-order valence-electron chi connectivity index (χ1n) is 6.66. The highest BCUT2D eigenvalue weighted by Crippen LogP contribution is 2.14. The van der Waals surface area contributed by atoms with E-state index in [4.69, 9.17) is 5.11 Å². The molecule has 1 aromatic rings. The third-order valence-corrected chi connectivity index (χ3v) is 4.76. The molecule has 0 amide bonds. The van der Waals surface area contributed by atoms with Crippen molar-refractivity contribution in [1.29, 1.82) is 0 Å². The van der Waals surface area contributed by atoms with E-state index in [0.29, 0.717) is 18.7 Å². The Morgan fingerprint density at radius 1 is 1.33 bits per heavy atom. The lowest BCUT2D eigenvalue weighted by molar-refractivity contribution is 0.350. The van der Waals surface area contributed by atoms with Gasteiger partial charge in [-0.1, -0.05) is 11.8 Å². The monoisotopic (exact) mass is 312 g/mol. The van der Waals surface area contributed by atoms with Crippen LogP contribution in [-0.4, -0.2) is 37.5 Å². The molecule has 21 heavy (non-hydrogen) atoms. The van der Waals surface area contributed by atoms with Gasteiger partial charge in [-0.15, -0.1) is 0 Å². The summed E-state index contributed by atoms with van der Waals surface area (Å²) in [5.74, 6) is 4.63. The molecule has 1 saturated heterocycles. The number of benzene rings is 1. The van der Waals surface area contributed by atoms with E-state index in [1.54, 1.807) is 0 Å². The first-order valence-corrected chi connectivity index (χ1v) is 8.10. The van der Waals surface area contributed by atoms with Crippen LogP contribution in [0.2, 0.25) is 0 Å². The Morgan fingerprint density at radius 2 is 2.05 bits per heavy atom. The summed E-state index contributed by atoms with van der Waals surface area (Å²) in [6.07, 6.45) is 1.70. The maximum absolute atomic E-state index is 13.7. The highest BCUT2D eigenvalue weighted by atomic mass is 32.2. The predicted octanol–water partition coefficient (Wildman–Crippen LogP) is 0.600. The number of nitrogens with zero attached hydrogens (tertiary/aromatic N) is 1. The third-order valence-electron chi connectivity index (χ3n) is 3.21. The van der Waals surface area contributed by atoms with E-state index >= 15 is 0 Å². The van der Waals surface area contributed by atoms with Crippen molar-refractivity contribution < 1.29 is 17.9 Å². The minimum atomic E-state index is -3.56. The fraction of sp³-hybridized carbons (Fsp3) is 0.429. The molecule has 0 unspecified atom stereocenters. The number of hydrogen-bond acceptors (Lipinski definition) is 3. The molecule has 2 rings (SSSR count). The number of aliphatic hydroxyl groups excluding tert-OH is 1. The van der Waals surface area contributed by atoms with Crippen LogP contribution >= 0.6 is 0 Å².